The van der Waals surface area contributed by atoms with Gasteiger partial charge in [-0.3, -0.25) is 4.79 Å². The number of nitriles is 1. The Kier molecular flexibility index (Phi) is 4.47. The van der Waals surface area contributed by atoms with Crippen LogP contribution in [0, 0.1) is 17.2 Å². The molecule has 0 saturated heterocycles. The number of rotatable bonds is 3. The van der Waals surface area contributed by atoms with Crippen LogP contribution in [0.3, 0.4) is 0 Å². The quantitative estimate of drug-likeness (QED) is 0.687. The standard InChI is InChI=1S/C19H20N2O2/c1-13-6-2-4-8-17(13)21-19(22)15(12-20)11-16-10-14-7-3-5-9-18(14)23-16/h3,5,7,9-11,13,17H,2,4,6,8H2,1H3,(H,21,22)/b15-11+. The number of hydrogen-bond acceptors (Lipinski definition) is 3. The van der Waals surface area contributed by atoms with Crippen LogP contribution in [-0.4, -0.2) is 11.9 Å². The number of nitrogens with zero attached hydrogens (tertiary/aromatic N) is 1. The summed E-state index contributed by atoms with van der Waals surface area (Å²) in [5.41, 5.74) is 0.833. The van der Waals surface area contributed by atoms with Crippen LogP contribution >= 0.6 is 0 Å². The highest BCUT2D eigenvalue weighted by atomic mass is 16.3. The summed E-state index contributed by atoms with van der Waals surface area (Å²) in [5.74, 6) is 0.667. The van der Waals surface area contributed by atoms with Gasteiger partial charge in [0.05, 0.1) is 0 Å². The van der Waals surface area contributed by atoms with Crippen molar-refractivity contribution in [3.8, 4) is 6.07 Å². The average molecular weight is 308 g/mol. The molecule has 2 unspecified atom stereocenters. The van der Waals surface area contributed by atoms with E-state index in [1.54, 1.807) is 0 Å². The predicted octanol–water partition coefficient (Wildman–Crippen LogP) is 4.03. The number of nitrogens with one attached hydrogen (secondary N) is 1. The zero-order valence-electron chi connectivity index (χ0n) is 13.2. The monoisotopic (exact) mass is 308 g/mol. The summed E-state index contributed by atoms with van der Waals surface area (Å²) in [6, 6.07) is 11.6. The van der Waals surface area contributed by atoms with Crippen molar-refractivity contribution in [2.24, 2.45) is 5.92 Å². The molecule has 0 spiro atoms. The van der Waals surface area contributed by atoms with Crippen LogP contribution in [0.1, 0.15) is 38.4 Å². The fourth-order valence-electron chi connectivity index (χ4n) is 3.14. The Balaban J connectivity index is 1.78. The van der Waals surface area contributed by atoms with E-state index in [1.165, 1.54) is 12.5 Å². The molecular weight excluding hydrogens is 288 g/mol. The highest BCUT2D eigenvalue weighted by Crippen LogP contribution is 2.24. The third kappa shape index (κ3) is 3.45. The Morgan fingerprint density at radius 1 is 1.35 bits per heavy atom. The Hall–Kier alpha value is -2.54. The van der Waals surface area contributed by atoms with Crippen LogP contribution < -0.4 is 5.32 Å². The van der Waals surface area contributed by atoms with Crippen LogP contribution in [0.15, 0.2) is 40.3 Å². The molecule has 1 aliphatic carbocycles. The molecule has 118 valence electrons. The van der Waals surface area contributed by atoms with Crippen LogP contribution in [0.5, 0.6) is 0 Å². The fraction of sp³-hybridized carbons (Fsp3) is 0.368. The molecule has 1 saturated carbocycles. The Morgan fingerprint density at radius 2 is 2.13 bits per heavy atom. The molecule has 2 atom stereocenters. The van der Waals surface area contributed by atoms with Crippen molar-refractivity contribution in [2.75, 3.05) is 0 Å². The number of para-hydroxylation sites is 1. The van der Waals surface area contributed by atoms with Crippen LogP contribution in [0.4, 0.5) is 0 Å². The number of carbonyl (C=O) groups excluding carboxylic acids is 1. The van der Waals surface area contributed by atoms with Crippen molar-refractivity contribution in [1.82, 2.24) is 5.32 Å². The lowest BCUT2D eigenvalue weighted by Gasteiger charge is -2.29. The Bertz CT molecular complexity index is 749. The Labute approximate surface area is 135 Å². The molecule has 1 amide bonds. The third-order valence-corrected chi connectivity index (χ3v) is 4.52. The lowest BCUT2D eigenvalue weighted by Crippen LogP contribution is -2.41. The van der Waals surface area contributed by atoms with Crippen LogP contribution in [-0.2, 0) is 4.79 Å². The number of carbonyl (C=O) groups is 1. The minimum Gasteiger partial charge on any atom is -0.457 e. The van der Waals surface area contributed by atoms with E-state index >= 15 is 0 Å². The van der Waals surface area contributed by atoms with Crippen LogP contribution in [0.25, 0.3) is 17.0 Å². The van der Waals surface area contributed by atoms with Gasteiger partial charge in [-0.15, -0.1) is 0 Å². The van der Waals surface area contributed by atoms with E-state index in [9.17, 15) is 10.1 Å². The first-order chi connectivity index (χ1) is 11.2. The largest absolute Gasteiger partial charge is 0.457 e. The van der Waals surface area contributed by atoms with Crippen LogP contribution in [0.2, 0.25) is 0 Å². The highest BCUT2D eigenvalue weighted by Gasteiger charge is 2.24. The maximum atomic E-state index is 12.4. The molecular formula is C19H20N2O2. The lowest BCUT2D eigenvalue weighted by molar-refractivity contribution is -0.118. The topological polar surface area (TPSA) is 66.0 Å². The van der Waals surface area contributed by atoms with Gasteiger partial charge in [0, 0.05) is 17.5 Å². The molecule has 1 fully saturated rings. The number of fused-ring (bicyclic) bond motifs is 1. The summed E-state index contributed by atoms with van der Waals surface area (Å²) in [4.78, 5) is 12.4. The van der Waals surface area contributed by atoms with Gasteiger partial charge in [-0.1, -0.05) is 38.0 Å². The summed E-state index contributed by atoms with van der Waals surface area (Å²) in [6.45, 7) is 2.15. The van der Waals surface area contributed by atoms with Gasteiger partial charge in [0.2, 0.25) is 0 Å². The molecule has 0 bridgehead atoms. The van der Waals surface area contributed by atoms with Gasteiger partial charge < -0.3 is 9.73 Å². The lowest BCUT2D eigenvalue weighted by atomic mass is 9.86. The molecule has 1 N–H and O–H groups in total. The van der Waals surface area contributed by atoms with Gasteiger partial charge in [-0.2, -0.15) is 5.26 Å². The van der Waals surface area contributed by atoms with E-state index in [0.29, 0.717) is 11.7 Å². The molecule has 0 radical (unpaired) electrons. The average Bonchev–Trinajstić information content (AvgIpc) is 2.97. The summed E-state index contributed by atoms with van der Waals surface area (Å²) in [7, 11) is 0. The first-order valence-electron chi connectivity index (χ1n) is 8.08. The van der Waals surface area contributed by atoms with Gasteiger partial charge >= 0.3 is 0 Å². The molecule has 1 aromatic heterocycles. The molecule has 1 heterocycles. The zero-order chi connectivity index (χ0) is 16.2. The molecule has 1 aromatic carbocycles. The second-order valence-electron chi connectivity index (χ2n) is 6.20. The van der Waals surface area contributed by atoms with Gasteiger partial charge in [-0.05, 0) is 30.9 Å². The minimum absolute atomic E-state index is 0.0850. The van der Waals surface area contributed by atoms with Crippen molar-refractivity contribution in [2.45, 2.75) is 38.6 Å². The van der Waals surface area contributed by atoms with Gasteiger partial charge in [0.15, 0.2) is 0 Å². The van der Waals surface area contributed by atoms with E-state index in [-0.39, 0.29) is 17.5 Å². The molecule has 23 heavy (non-hydrogen) atoms. The van der Waals surface area contributed by atoms with Gasteiger partial charge in [-0.25, -0.2) is 0 Å². The zero-order valence-corrected chi connectivity index (χ0v) is 13.2. The van der Waals surface area contributed by atoms with E-state index in [1.807, 2.05) is 36.4 Å². The van der Waals surface area contributed by atoms with E-state index in [4.69, 9.17) is 4.42 Å². The molecule has 0 aliphatic heterocycles. The first kappa shape index (κ1) is 15.4. The number of amides is 1. The maximum Gasteiger partial charge on any atom is 0.262 e. The van der Waals surface area contributed by atoms with Crippen molar-refractivity contribution in [3.05, 3.63) is 41.7 Å². The maximum absolute atomic E-state index is 12.4. The molecule has 2 aromatic rings. The van der Waals surface area contributed by atoms with Crippen molar-refractivity contribution < 1.29 is 9.21 Å². The second-order valence-corrected chi connectivity index (χ2v) is 6.20. The summed E-state index contributed by atoms with van der Waals surface area (Å²) in [6.07, 6.45) is 5.97. The fourth-order valence-corrected chi connectivity index (χ4v) is 3.14. The molecule has 4 heteroatoms. The number of benzene rings is 1. The van der Waals surface area contributed by atoms with Gasteiger partial charge in [0.25, 0.3) is 5.91 Å². The van der Waals surface area contributed by atoms with E-state index in [0.717, 1.165) is 30.2 Å². The summed E-state index contributed by atoms with van der Waals surface area (Å²) >= 11 is 0. The first-order valence-corrected chi connectivity index (χ1v) is 8.08. The summed E-state index contributed by atoms with van der Waals surface area (Å²) in [5, 5.41) is 13.3. The third-order valence-electron chi connectivity index (χ3n) is 4.52. The van der Waals surface area contributed by atoms with Crippen molar-refractivity contribution >= 4 is 23.0 Å². The predicted molar refractivity (Wildman–Crippen MR) is 89.4 cm³/mol. The van der Waals surface area contributed by atoms with E-state index < -0.39 is 0 Å². The Morgan fingerprint density at radius 3 is 2.87 bits per heavy atom. The van der Waals surface area contributed by atoms with Crippen molar-refractivity contribution in [1.29, 1.82) is 5.26 Å². The minimum atomic E-state index is -0.313. The SMILES string of the molecule is CC1CCCCC1NC(=O)/C(C#N)=C/c1cc2ccccc2o1. The van der Waals surface area contributed by atoms with E-state index in [2.05, 4.69) is 12.2 Å². The normalized spacial score (nSPS) is 21.8. The smallest absolute Gasteiger partial charge is 0.262 e. The number of furan rings is 1. The molecule has 3 rings (SSSR count). The molecule has 4 nitrogen and oxygen atoms in total. The van der Waals surface area contributed by atoms with Crippen molar-refractivity contribution in [3.63, 3.8) is 0 Å². The summed E-state index contributed by atoms with van der Waals surface area (Å²) < 4.78 is 5.65. The number of hydrogen-bond donors (Lipinski definition) is 1. The van der Waals surface area contributed by atoms with Gasteiger partial charge in [0.1, 0.15) is 23.0 Å². The molecule has 1 aliphatic rings. The highest BCUT2D eigenvalue weighted by molar-refractivity contribution is 6.02. The second kappa shape index (κ2) is 6.70.